The molecule has 2 heterocycles. The summed E-state index contributed by atoms with van der Waals surface area (Å²) >= 11 is 0. The van der Waals surface area contributed by atoms with Crippen LogP contribution in [0.15, 0.2) is 24.3 Å². The van der Waals surface area contributed by atoms with Gasteiger partial charge in [-0.05, 0) is 31.4 Å². The normalized spacial score (nSPS) is 22.1. The van der Waals surface area contributed by atoms with Crippen LogP contribution in [0, 0.1) is 0 Å². The summed E-state index contributed by atoms with van der Waals surface area (Å²) in [6, 6.07) is 8.74. The van der Waals surface area contributed by atoms with Crippen molar-refractivity contribution in [2.45, 2.75) is 38.6 Å². The Balaban J connectivity index is 1.72. The molecule has 1 aromatic carbocycles. The van der Waals surface area contributed by atoms with Gasteiger partial charge in [0.2, 0.25) is 5.91 Å². The van der Waals surface area contributed by atoms with Crippen molar-refractivity contribution in [1.82, 2.24) is 4.90 Å². The highest BCUT2D eigenvalue weighted by Crippen LogP contribution is 2.30. The van der Waals surface area contributed by atoms with Crippen molar-refractivity contribution in [3.05, 3.63) is 29.8 Å². The Morgan fingerprint density at radius 3 is 2.67 bits per heavy atom. The molecule has 0 aromatic heterocycles. The molecule has 2 aliphatic rings. The molecule has 0 saturated carbocycles. The number of fused-ring (bicyclic) bond motifs is 1. The molecule has 112 valence electrons. The molecule has 1 saturated heterocycles. The number of likely N-dealkylation sites (tertiary alicyclic amines) is 1. The number of hydrogen-bond acceptors (Lipinski definition) is 3. The zero-order valence-electron chi connectivity index (χ0n) is 12.5. The van der Waals surface area contributed by atoms with Crippen molar-refractivity contribution in [3.63, 3.8) is 0 Å². The summed E-state index contributed by atoms with van der Waals surface area (Å²) in [5, 5.41) is 0. The summed E-state index contributed by atoms with van der Waals surface area (Å²) in [4.78, 5) is 27.8. The van der Waals surface area contributed by atoms with Gasteiger partial charge in [0.05, 0.1) is 6.54 Å². The van der Waals surface area contributed by atoms with Crippen molar-refractivity contribution in [2.24, 2.45) is 0 Å². The molecule has 0 aliphatic carbocycles. The van der Waals surface area contributed by atoms with Crippen LogP contribution in [-0.4, -0.2) is 42.3 Å². The first kappa shape index (κ1) is 14.1. The van der Waals surface area contributed by atoms with Gasteiger partial charge in [0.15, 0.2) is 0 Å². The van der Waals surface area contributed by atoms with E-state index in [9.17, 15) is 9.59 Å². The number of hydrogen-bond donors (Lipinski definition) is 0. The van der Waals surface area contributed by atoms with Gasteiger partial charge in [-0.15, -0.1) is 0 Å². The molecule has 0 bridgehead atoms. The number of aryl methyl sites for hydroxylation is 1. The molecule has 1 aromatic rings. The maximum Gasteiger partial charge on any atom is 0.242 e. The molecule has 21 heavy (non-hydrogen) atoms. The van der Waals surface area contributed by atoms with Gasteiger partial charge in [-0.2, -0.15) is 0 Å². The van der Waals surface area contributed by atoms with Crippen molar-refractivity contribution >= 4 is 17.4 Å². The number of amides is 1. The van der Waals surface area contributed by atoms with Gasteiger partial charge in [0.1, 0.15) is 5.78 Å². The lowest BCUT2D eigenvalue weighted by Gasteiger charge is -2.38. The van der Waals surface area contributed by atoms with E-state index < -0.39 is 0 Å². The van der Waals surface area contributed by atoms with Crippen LogP contribution in [0.3, 0.4) is 0 Å². The van der Waals surface area contributed by atoms with Crippen LogP contribution >= 0.6 is 0 Å². The third kappa shape index (κ3) is 2.94. The predicted molar refractivity (Wildman–Crippen MR) is 82.4 cm³/mol. The molecular formula is C17H22N2O2. The SMILES string of the molecule is CC1CCc2ccccc2N1CC(=O)N1CCC(=O)CC1. The molecule has 1 fully saturated rings. The standard InChI is InChI=1S/C17H22N2O2/c1-13-6-7-14-4-2-3-5-16(14)19(13)12-17(21)18-10-8-15(20)9-11-18/h2-5,13H,6-12H2,1H3. The fourth-order valence-electron chi connectivity index (χ4n) is 3.25. The fraction of sp³-hybridized carbons (Fsp3) is 0.529. The fourth-order valence-corrected chi connectivity index (χ4v) is 3.25. The van der Waals surface area contributed by atoms with Gasteiger partial charge in [0, 0.05) is 37.7 Å². The number of Topliss-reactive ketones (excluding diaryl/α,β-unsaturated/α-hetero) is 1. The van der Waals surface area contributed by atoms with E-state index in [1.54, 1.807) is 0 Å². The van der Waals surface area contributed by atoms with Crippen molar-refractivity contribution < 1.29 is 9.59 Å². The van der Waals surface area contributed by atoms with Crippen molar-refractivity contribution in [3.8, 4) is 0 Å². The van der Waals surface area contributed by atoms with Crippen molar-refractivity contribution in [1.29, 1.82) is 0 Å². The van der Waals surface area contributed by atoms with Gasteiger partial charge in [-0.3, -0.25) is 9.59 Å². The monoisotopic (exact) mass is 286 g/mol. The molecule has 0 spiro atoms. The summed E-state index contributed by atoms with van der Waals surface area (Å²) in [6.45, 7) is 3.78. The van der Waals surface area contributed by atoms with E-state index in [2.05, 4.69) is 30.0 Å². The molecule has 4 nitrogen and oxygen atoms in total. The van der Waals surface area contributed by atoms with Gasteiger partial charge in [0.25, 0.3) is 0 Å². The first-order valence-electron chi connectivity index (χ1n) is 7.79. The number of ketones is 1. The van der Waals surface area contributed by atoms with Crippen molar-refractivity contribution in [2.75, 3.05) is 24.5 Å². The largest absolute Gasteiger partial charge is 0.359 e. The topological polar surface area (TPSA) is 40.6 Å². The highest BCUT2D eigenvalue weighted by Gasteiger charge is 2.27. The lowest BCUT2D eigenvalue weighted by Crippen LogP contribution is -2.48. The van der Waals surface area contributed by atoms with E-state index in [1.807, 2.05) is 11.0 Å². The molecular weight excluding hydrogens is 264 g/mol. The van der Waals surface area contributed by atoms with E-state index in [1.165, 1.54) is 11.3 Å². The van der Waals surface area contributed by atoms with Crippen LogP contribution in [0.4, 0.5) is 5.69 Å². The maximum absolute atomic E-state index is 12.5. The molecule has 0 radical (unpaired) electrons. The second-order valence-corrected chi connectivity index (χ2v) is 6.06. The molecule has 1 atom stereocenters. The molecule has 0 N–H and O–H groups in total. The average molecular weight is 286 g/mol. The smallest absolute Gasteiger partial charge is 0.242 e. The first-order chi connectivity index (χ1) is 10.1. The number of rotatable bonds is 2. The molecule has 4 heteroatoms. The summed E-state index contributed by atoms with van der Waals surface area (Å²) in [6.07, 6.45) is 3.19. The molecule has 1 amide bonds. The van der Waals surface area contributed by atoms with E-state index in [0.717, 1.165) is 12.8 Å². The first-order valence-corrected chi connectivity index (χ1v) is 7.79. The third-order valence-corrected chi connectivity index (χ3v) is 4.64. The van der Waals surface area contributed by atoms with Gasteiger partial charge in [-0.25, -0.2) is 0 Å². The minimum Gasteiger partial charge on any atom is -0.359 e. The second kappa shape index (κ2) is 5.88. The highest BCUT2D eigenvalue weighted by atomic mass is 16.2. The third-order valence-electron chi connectivity index (χ3n) is 4.64. The number of carbonyl (C=O) groups excluding carboxylic acids is 2. The minimum atomic E-state index is 0.144. The lowest BCUT2D eigenvalue weighted by molar-refractivity contribution is -0.133. The Kier molecular flexibility index (Phi) is 3.95. The van der Waals surface area contributed by atoms with Crippen LogP contribution in [0.1, 0.15) is 31.7 Å². The number of carbonyl (C=O) groups is 2. The zero-order chi connectivity index (χ0) is 14.8. The Hall–Kier alpha value is -1.84. The van der Waals surface area contributed by atoms with Crippen LogP contribution < -0.4 is 4.90 Å². The van der Waals surface area contributed by atoms with E-state index in [0.29, 0.717) is 38.5 Å². The van der Waals surface area contributed by atoms with Crippen LogP contribution in [0.2, 0.25) is 0 Å². The Bertz CT molecular complexity index is 545. The van der Waals surface area contributed by atoms with Gasteiger partial charge < -0.3 is 9.80 Å². The van der Waals surface area contributed by atoms with E-state index in [4.69, 9.17) is 0 Å². The summed E-state index contributed by atoms with van der Waals surface area (Å²) in [7, 11) is 0. The lowest BCUT2D eigenvalue weighted by atomic mass is 9.96. The number of benzene rings is 1. The Morgan fingerprint density at radius 2 is 1.90 bits per heavy atom. The predicted octanol–water partition coefficient (Wildman–Crippen LogP) is 2.02. The Labute approximate surface area is 125 Å². The quantitative estimate of drug-likeness (QED) is 0.835. The van der Waals surface area contributed by atoms with Gasteiger partial charge in [-0.1, -0.05) is 18.2 Å². The summed E-state index contributed by atoms with van der Waals surface area (Å²) < 4.78 is 0. The summed E-state index contributed by atoms with van der Waals surface area (Å²) in [5.41, 5.74) is 2.52. The second-order valence-electron chi connectivity index (χ2n) is 6.06. The number of nitrogens with zero attached hydrogens (tertiary/aromatic N) is 2. The van der Waals surface area contributed by atoms with Gasteiger partial charge >= 0.3 is 0 Å². The minimum absolute atomic E-state index is 0.144. The number of para-hydroxylation sites is 1. The molecule has 2 aliphatic heterocycles. The van der Waals surface area contributed by atoms with Crippen LogP contribution in [0.5, 0.6) is 0 Å². The summed E-state index contributed by atoms with van der Waals surface area (Å²) in [5.74, 6) is 0.418. The van der Waals surface area contributed by atoms with Crippen LogP contribution in [-0.2, 0) is 16.0 Å². The Morgan fingerprint density at radius 1 is 1.19 bits per heavy atom. The van der Waals surface area contributed by atoms with Crippen LogP contribution in [0.25, 0.3) is 0 Å². The average Bonchev–Trinajstić information content (AvgIpc) is 2.51. The molecule has 3 rings (SSSR count). The number of anilines is 1. The van der Waals surface area contributed by atoms with E-state index >= 15 is 0 Å². The molecule has 1 unspecified atom stereocenters. The number of piperidine rings is 1. The highest BCUT2D eigenvalue weighted by molar-refractivity contribution is 5.86. The van der Waals surface area contributed by atoms with E-state index in [-0.39, 0.29) is 11.7 Å². The zero-order valence-corrected chi connectivity index (χ0v) is 12.5. The maximum atomic E-state index is 12.5.